The lowest BCUT2D eigenvalue weighted by Crippen LogP contribution is -2.49. The molecule has 2 aromatic heterocycles. The van der Waals surface area contributed by atoms with Crippen molar-refractivity contribution in [3.63, 3.8) is 0 Å². The van der Waals surface area contributed by atoms with E-state index in [2.05, 4.69) is 10.2 Å². The van der Waals surface area contributed by atoms with Gasteiger partial charge in [-0.25, -0.2) is 4.90 Å². The molecular weight excluding hydrogens is 902 g/mol. The van der Waals surface area contributed by atoms with Gasteiger partial charge in [0, 0.05) is 48.5 Å². The molecule has 1 saturated carbocycles. The Morgan fingerprint density at radius 2 is 1.53 bits per heavy atom. The van der Waals surface area contributed by atoms with Crippen LogP contribution in [0.2, 0.25) is 5.02 Å². The van der Waals surface area contributed by atoms with Crippen LogP contribution in [-0.2, 0) is 26.2 Å². The first kappa shape index (κ1) is 44.7. The smallest absolute Gasteiger partial charge is 0.242 e. The number of halogens is 1. The number of methoxy groups -OCH3 is 2. The van der Waals surface area contributed by atoms with Crippen molar-refractivity contribution in [3.05, 3.63) is 119 Å². The van der Waals surface area contributed by atoms with Crippen LogP contribution in [-0.4, -0.2) is 66.8 Å². The SMILES string of the molecule is COc1cc(C=CC2C3=CCC4C(=O)N(c5ccc(N=Nc6ccc(N(C)C)cc6)cc5)C(=O)C4C3CC3C(=O)N(c4cc(-c5sc6ccc(Cl)cc6c5C)nn4C)C(=O)C23C)cc(OC)c1O. The Morgan fingerprint density at radius 1 is 0.868 bits per heavy atom. The van der Waals surface area contributed by atoms with Crippen molar-refractivity contribution in [2.24, 2.45) is 52.3 Å². The van der Waals surface area contributed by atoms with Gasteiger partial charge in [-0.2, -0.15) is 15.3 Å². The fourth-order valence-electron chi connectivity index (χ4n) is 10.7. The second kappa shape index (κ2) is 16.9. The maximum absolute atomic E-state index is 15.3. The number of imide groups is 2. The molecule has 0 spiro atoms. The monoisotopic (exact) mass is 949 g/mol. The zero-order valence-corrected chi connectivity index (χ0v) is 40.0. The highest BCUT2D eigenvalue weighted by molar-refractivity contribution is 7.22. The molecule has 4 aromatic carbocycles. The lowest BCUT2D eigenvalue weighted by molar-refractivity contribution is -0.132. The zero-order chi connectivity index (χ0) is 47.9. The average molecular weight is 951 g/mol. The third-order valence-electron chi connectivity index (χ3n) is 14.3. The molecule has 3 fully saturated rings. The number of hydrogen-bond donors (Lipinski definition) is 1. The molecule has 14 nitrogen and oxygen atoms in total. The minimum Gasteiger partial charge on any atom is -0.502 e. The number of phenols is 1. The first-order valence-corrected chi connectivity index (χ1v) is 23.4. The Kier molecular flexibility index (Phi) is 11.1. The minimum absolute atomic E-state index is 0.158. The van der Waals surface area contributed by atoms with Gasteiger partial charge in [-0.1, -0.05) is 35.4 Å². The van der Waals surface area contributed by atoms with E-state index in [4.69, 9.17) is 26.2 Å². The molecule has 4 heterocycles. The van der Waals surface area contributed by atoms with Crippen molar-refractivity contribution in [2.45, 2.75) is 26.7 Å². The molecule has 68 heavy (non-hydrogen) atoms. The number of amides is 4. The molecule has 0 bridgehead atoms. The number of aromatic hydroxyl groups is 1. The molecule has 0 radical (unpaired) electrons. The highest BCUT2D eigenvalue weighted by Gasteiger charge is 2.67. The van der Waals surface area contributed by atoms with Crippen LogP contribution >= 0.6 is 22.9 Å². The number of phenolic OH excluding ortho intramolecular Hbond substituents is 1. The van der Waals surface area contributed by atoms with Crippen LogP contribution in [0.15, 0.2) is 113 Å². The van der Waals surface area contributed by atoms with Crippen molar-refractivity contribution in [1.82, 2.24) is 9.78 Å². The van der Waals surface area contributed by atoms with Crippen LogP contribution < -0.4 is 24.2 Å². The lowest BCUT2D eigenvalue weighted by atomic mass is 9.52. The van der Waals surface area contributed by atoms with E-state index in [0.717, 1.165) is 31.8 Å². The first-order chi connectivity index (χ1) is 32.6. The highest BCUT2D eigenvalue weighted by Crippen LogP contribution is 2.61. The molecule has 1 N–H and O–H groups in total. The summed E-state index contributed by atoms with van der Waals surface area (Å²) in [4.78, 5) is 65.0. The van der Waals surface area contributed by atoms with Crippen molar-refractivity contribution in [2.75, 3.05) is 43.0 Å². The Balaban J connectivity index is 1.00. The van der Waals surface area contributed by atoms with Crippen LogP contribution in [0.1, 0.15) is 30.9 Å². The number of rotatable bonds is 10. The highest BCUT2D eigenvalue weighted by atomic mass is 35.5. The van der Waals surface area contributed by atoms with Crippen LogP contribution in [0, 0.1) is 41.9 Å². The molecule has 6 atom stereocenters. The summed E-state index contributed by atoms with van der Waals surface area (Å²) in [7, 11) is 8.53. The summed E-state index contributed by atoms with van der Waals surface area (Å²) in [5.74, 6) is -4.41. The molecule has 10 rings (SSSR count). The molecule has 6 aromatic rings. The van der Waals surface area contributed by atoms with E-state index >= 15 is 9.59 Å². The van der Waals surface area contributed by atoms with E-state index in [1.54, 1.807) is 65.5 Å². The van der Waals surface area contributed by atoms with Crippen LogP contribution in [0.5, 0.6) is 17.2 Å². The third kappa shape index (κ3) is 7.09. The second-order valence-electron chi connectivity index (χ2n) is 18.2. The number of ether oxygens (including phenoxy) is 2. The Labute approximate surface area is 401 Å². The number of nitrogens with zero attached hydrogens (tertiary/aromatic N) is 7. The molecule has 2 aliphatic heterocycles. The van der Waals surface area contributed by atoms with Crippen LogP contribution in [0.4, 0.5) is 28.6 Å². The number of aryl methyl sites for hydroxylation is 2. The Morgan fingerprint density at radius 3 is 2.18 bits per heavy atom. The molecule has 16 heteroatoms. The average Bonchev–Trinajstić information content (AvgIpc) is 4.01. The molecular formula is C52H48ClN7O7S. The quantitative estimate of drug-likeness (QED) is 0.0801. The van der Waals surface area contributed by atoms with Gasteiger partial charge in [0.1, 0.15) is 11.5 Å². The Bertz CT molecular complexity index is 3150. The van der Waals surface area contributed by atoms with Gasteiger partial charge < -0.3 is 19.5 Å². The van der Waals surface area contributed by atoms with E-state index in [0.29, 0.717) is 39.2 Å². The van der Waals surface area contributed by atoms with Gasteiger partial charge in [0.15, 0.2) is 11.5 Å². The maximum atomic E-state index is 15.3. The standard InChI is InChI=1S/C52H48ClN7O7S/c1-27-36-24-29(53)9-21-43(36)68-47(27)40-26-44(58(5)56-40)60-49(63)39-25-37-34(38(52(39,2)51(60)65)20-8-28-22-41(66-6)46(61)42(23-28)67-7)18-19-35-45(37)50(64)59(48(35)62)33-16-12-31(13-17-33)55-54-30-10-14-32(15-11-30)57(3)4/h8-18,20-24,26,35,37-39,45,61H,19,25H2,1-7H3. The number of hydrogen-bond acceptors (Lipinski definition) is 12. The van der Waals surface area contributed by atoms with E-state index in [9.17, 15) is 14.7 Å². The number of benzene rings is 4. The third-order valence-corrected chi connectivity index (χ3v) is 15.8. The maximum Gasteiger partial charge on any atom is 0.242 e. The Hall–Kier alpha value is -7.10. The van der Waals surface area contributed by atoms with Gasteiger partial charge in [0.25, 0.3) is 0 Å². The number of azo groups is 1. The van der Waals surface area contributed by atoms with Gasteiger partial charge in [0.05, 0.1) is 59.3 Å². The van der Waals surface area contributed by atoms with Crippen LogP contribution in [0.3, 0.4) is 0 Å². The topological polar surface area (TPSA) is 159 Å². The summed E-state index contributed by atoms with van der Waals surface area (Å²) < 4.78 is 13.5. The number of carbonyl (C=O) groups excluding carboxylic acids is 4. The molecule has 346 valence electrons. The van der Waals surface area contributed by atoms with Gasteiger partial charge in [-0.15, -0.1) is 11.3 Å². The zero-order valence-electron chi connectivity index (χ0n) is 38.4. The van der Waals surface area contributed by atoms with Crippen LogP contribution in [0.25, 0.3) is 26.7 Å². The molecule has 4 amide bonds. The number of thiophene rings is 1. The number of fused-ring (bicyclic) bond motifs is 5. The predicted octanol–water partition coefficient (Wildman–Crippen LogP) is 10.4. The predicted molar refractivity (Wildman–Crippen MR) is 263 cm³/mol. The number of aromatic nitrogens is 2. The summed E-state index contributed by atoms with van der Waals surface area (Å²) >= 11 is 7.92. The van der Waals surface area contributed by atoms with Crippen molar-refractivity contribution >= 4 is 91.3 Å². The van der Waals surface area contributed by atoms with Crippen molar-refractivity contribution < 1.29 is 33.8 Å². The number of allylic oxidation sites excluding steroid dienone is 3. The summed E-state index contributed by atoms with van der Waals surface area (Å²) in [6.45, 7) is 3.83. The second-order valence-corrected chi connectivity index (χ2v) is 19.7. The fraction of sp³-hybridized carbons (Fsp3) is 0.288. The lowest BCUT2D eigenvalue weighted by Gasteiger charge is -2.47. The molecule has 2 aliphatic carbocycles. The van der Waals surface area contributed by atoms with Gasteiger partial charge in [-0.05, 0) is 128 Å². The normalized spacial score (nSPS) is 23.5. The summed E-state index contributed by atoms with van der Waals surface area (Å²) in [5, 5.41) is 25.9. The summed E-state index contributed by atoms with van der Waals surface area (Å²) in [6, 6.07) is 25.3. The van der Waals surface area contributed by atoms with Crippen molar-refractivity contribution in [3.8, 4) is 27.8 Å². The van der Waals surface area contributed by atoms with E-state index in [1.807, 2.05) is 93.5 Å². The largest absolute Gasteiger partial charge is 0.502 e. The fourth-order valence-corrected chi connectivity index (χ4v) is 12.0. The summed E-state index contributed by atoms with van der Waals surface area (Å²) in [6.07, 6.45) is 6.17. The van der Waals surface area contributed by atoms with Gasteiger partial charge in [-0.3, -0.25) is 28.8 Å². The van der Waals surface area contributed by atoms with Crippen molar-refractivity contribution in [1.29, 1.82) is 0 Å². The van der Waals surface area contributed by atoms with E-state index in [1.165, 1.54) is 24.0 Å². The van der Waals surface area contributed by atoms with Gasteiger partial charge >= 0.3 is 0 Å². The van der Waals surface area contributed by atoms with E-state index < -0.39 is 46.8 Å². The first-order valence-electron chi connectivity index (χ1n) is 22.2. The molecule has 4 aliphatic rings. The number of carbonyl (C=O) groups is 4. The minimum atomic E-state index is -1.30. The number of anilines is 3. The van der Waals surface area contributed by atoms with Gasteiger partial charge in [0.2, 0.25) is 29.4 Å². The summed E-state index contributed by atoms with van der Waals surface area (Å²) in [5.41, 5.74) is 4.43. The molecule has 6 unspecified atom stereocenters. The molecule has 2 saturated heterocycles. The van der Waals surface area contributed by atoms with E-state index in [-0.39, 0.29) is 41.9 Å².